The van der Waals surface area contributed by atoms with Crippen LogP contribution in [0, 0.1) is 11.8 Å². The van der Waals surface area contributed by atoms with Crippen LogP contribution >= 0.6 is 0 Å². The molecule has 1 fully saturated rings. The molecular weight excluding hydrogens is 599 g/mol. The predicted octanol–water partition coefficient (Wildman–Crippen LogP) is -0.874. The van der Waals surface area contributed by atoms with Gasteiger partial charge in [0.15, 0.2) is 0 Å². The Balaban J connectivity index is 2.29. The van der Waals surface area contributed by atoms with Crippen molar-refractivity contribution in [3.05, 3.63) is 32.6 Å². The van der Waals surface area contributed by atoms with Crippen LogP contribution in [0.1, 0.15) is 46.2 Å². The lowest BCUT2D eigenvalue weighted by Crippen LogP contribution is -2.58. The molecule has 3 amide bonds. The van der Waals surface area contributed by atoms with Crippen LogP contribution in [0.4, 0.5) is 13.2 Å². The van der Waals surface area contributed by atoms with Crippen LogP contribution in [0.15, 0.2) is 15.7 Å². The molecule has 4 N–H and O–H groups in total. The van der Waals surface area contributed by atoms with Crippen molar-refractivity contribution < 1.29 is 52.2 Å². The monoisotopic (exact) mass is 633 g/mol. The van der Waals surface area contributed by atoms with Crippen LogP contribution in [0.2, 0.25) is 0 Å². The maximum absolute atomic E-state index is 13.5. The zero-order valence-electron chi connectivity index (χ0n) is 24.3. The second-order valence-corrected chi connectivity index (χ2v) is 11.0. The van der Waals surface area contributed by atoms with Gasteiger partial charge in [-0.2, -0.15) is 13.2 Å². The number of carboxylic acid groups (broad SMARTS) is 2. The van der Waals surface area contributed by atoms with E-state index in [4.69, 9.17) is 10.2 Å². The standard InChI is InChI=1S/C26H34F3N5O10/c1-12(2)20(22(41)26(27,28)29)31-23(42)15-6-5-7-32(15)24(43)21(13(3)4)30-16(35)10-34-17(36)8-14(9-18(37)38)33(25(34)44)11-19(39)40/h8,12-13,15,20-21H,5-7,9-11H2,1-4H3,(H,30,35)(H,31,42)(H,37,38)(H,39,40)/t15-,20-,21-/m0/s1. The Morgan fingerprint density at radius 3 is 2.00 bits per heavy atom. The van der Waals surface area contributed by atoms with Crippen LogP contribution in [0.5, 0.6) is 0 Å². The zero-order valence-corrected chi connectivity index (χ0v) is 24.3. The van der Waals surface area contributed by atoms with Crippen LogP contribution in [-0.4, -0.2) is 90.5 Å². The van der Waals surface area contributed by atoms with Crippen molar-refractivity contribution in [3.63, 3.8) is 0 Å². The highest BCUT2D eigenvalue weighted by atomic mass is 19.4. The number of alkyl halides is 3. The van der Waals surface area contributed by atoms with E-state index in [2.05, 4.69) is 10.6 Å². The first-order valence-corrected chi connectivity index (χ1v) is 13.5. The molecule has 0 spiro atoms. The summed E-state index contributed by atoms with van der Waals surface area (Å²) in [6.07, 6.45) is -5.68. The number of aromatic nitrogens is 2. The van der Waals surface area contributed by atoms with Gasteiger partial charge in [-0.1, -0.05) is 27.7 Å². The highest BCUT2D eigenvalue weighted by molar-refractivity contribution is 5.96. The van der Waals surface area contributed by atoms with Crippen molar-refractivity contribution in [3.8, 4) is 0 Å². The van der Waals surface area contributed by atoms with Crippen molar-refractivity contribution in [1.29, 1.82) is 0 Å². The highest BCUT2D eigenvalue weighted by Crippen LogP contribution is 2.24. The lowest BCUT2D eigenvalue weighted by atomic mass is 9.98. The van der Waals surface area contributed by atoms with Crippen molar-refractivity contribution in [2.75, 3.05) is 6.54 Å². The van der Waals surface area contributed by atoms with Gasteiger partial charge in [0.25, 0.3) is 11.3 Å². The lowest BCUT2D eigenvalue weighted by Gasteiger charge is -2.32. The van der Waals surface area contributed by atoms with Crippen LogP contribution in [0.25, 0.3) is 0 Å². The second-order valence-electron chi connectivity index (χ2n) is 11.0. The smallest absolute Gasteiger partial charge is 0.452 e. The van der Waals surface area contributed by atoms with Gasteiger partial charge < -0.3 is 25.7 Å². The topological polar surface area (TPSA) is 214 Å². The Kier molecular flexibility index (Phi) is 11.6. The van der Waals surface area contributed by atoms with Crippen molar-refractivity contribution in [2.45, 2.75) is 84.3 Å². The molecule has 0 radical (unpaired) electrons. The van der Waals surface area contributed by atoms with E-state index in [0.717, 1.165) is 4.90 Å². The van der Waals surface area contributed by atoms with E-state index in [0.29, 0.717) is 21.6 Å². The normalized spacial score (nSPS) is 16.5. The highest BCUT2D eigenvalue weighted by Gasteiger charge is 2.46. The molecule has 18 heteroatoms. The average molecular weight is 634 g/mol. The number of nitrogens with one attached hydrogen (secondary N) is 2. The number of carbonyl (C=O) groups is 6. The minimum atomic E-state index is -5.20. The number of hydrogen-bond donors (Lipinski definition) is 4. The van der Waals surface area contributed by atoms with Crippen LogP contribution in [0.3, 0.4) is 0 Å². The van der Waals surface area contributed by atoms with E-state index >= 15 is 0 Å². The largest absolute Gasteiger partial charge is 0.481 e. The number of rotatable bonds is 13. The number of ketones is 1. The first-order valence-electron chi connectivity index (χ1n) is 13.5. The first-order chi connectivity index (χ1) is 20.3. The van der Waals surface area contributed by atoms with E-state index in [9.17, 15) is 51.5 Å². The third-order valence-electron chi connectivity index (χ3n) is 6.91. The Bertz CT molecular complexity index is 1430. The van der Waals surface area contributed by atoms with Gasteiger partial charge >= 0.3 is 23.8 Å². The van der Waals surface area contributed by atoms with Gasteiger partial charge in [-0.25, -0.2) is 4.79 Å². The molecule has 15 nitrogen and oxygen atoms in total. The van der Waals surface area contributed by atoms with E-state index in [1.807, 2.05) is 0 Å². The number of likely N-dealkylation sites (tertiary alicyclic amines) is 1. The van der Waals surface area contributed by atoms with Crippen molar-refractivity contribution >= 4 is 35.4 Å². The Hall–Kier alpha value is -4.51. The van der Waals surface area contributed by atoms with Gasteiger partial charge in [-0.05, 0) is 24.7 Å². The number of Topliss-reactive ketones (excluding diaryl/α,β-unsaturated/α-hetero) is 1. The molecule has 2 heterocycles. The molecular formula is C26H34F3N5O10. The molecule has 1 aromatic rings. The van der Waals surface area contributed by atoms with Crippen LogP contribution < -0.4 is 21.9 Å². The van der Waals surface area contributed by atoms with Gasteiger partial charge in [0, 0.05) is 18.3 Å². The Morgan fingerprint density at radius 2 is 1.50 bits per heavy atom. The van der Waals surface area contributed by atoms with E-state index in [1.54, 1.807) is 0 Å². The maximum Gasteiger partial charge on any atom is 0.452 e. The van der Waals surface area contributed by atoms with Crippen LogP contribution in [-0.2, 0) is 48.3 Å². The number of amides is 3. The number of halogens is 3. The molecule has 1 aromatic heterocycles. The summed E-state index contributed by atoms with van der Waals surface area (Å²) in [5, 5.41) is 22.6. The quantitative estimate of drug-likeness (QED) is 0.211. The Morgan fingerprint density at radius 1 is 0.909 bits per heavy atom. The zero-order chi connectivity index (χ0) is 33.7. The molecule has 1 aliphatic rings. The molecule has 44 heavy (non-hydrogen) atoms. The summed E-state index contributed by atoms with van der Waals surface area (Å²) in [5.74, 6) is -9.43. The SMILES string of the molecule is CC(C)[C@H](NC(=O)Cn1c(=O)cc(CC(=O)O)n(CC(=O)O)c1=O)C(=O)N1CCC[C@H]1C(=O)N[C@H](C(=O)C(F)(F)F)C(C)C. The summed E-state index contributed by atoms with van der Waals surface area (Å²) < 4.78 is 40.1. The van der Waals surface area contributed by atoms with E-state index < -0.39 is 108 Å². The number of carbonyl (C=O) groups excluding carboxylic acids is 4. The molecule has 0 bridgehead atoms. The van der Waals surface area contributed by atoms with Gasteiger partial charge in [0.05, 0.1) is 12.5 Å². The summed E-state index contributed by atoms with van der Waals surface area (Å²) in [5.41, 5.74) is -2.78. The molecule has 0 saturated carbocycles. The fraction of sp³-hybridized carbons (Fsp3) is 0.615. The molecule has 1 aliphatic heterocycles. The third kappa shape index (κ3) is 8.76. The number of aliphatic carboxylic acids is 2. The van der Waals surface area contributed by atoms with Gasteiger partial charge in [-0.15, -0.1) is 0 Å². The summed E-state index contributed by atoms with van der Waals surface area (Å²) in [7, 11) is 0. The van der Waals surface area contributed by atoms with E-state index in [-0.39, 0.29) is 13.0 Å². The maximum atomic E-state index is 13.5. The predicted molar refractivity (Wildman–Crippen MR) is 143 cm³/mol. The second kappa shape index (κ2) is 14.3. The minimum absolute atomic E-state index is 0.0139. The number of carboxylic acids is 2. The minimum Gasteiger partial charge on any atom is -0.481 e. The fourth-order valence-electron chi connectivity index (χ4n) is 4.73. The van der Waals surface area contributed by atoms with Gasteiger partial charge in [0.1, 0.15) is 25.2 Å². The average Bonchev–Trinajstić information content (AvgIpc) is 3.38. The molecule has 0 aromatic carbocycles. The van der Waals surface area contributed by atoms with Gasteiger partial charge in [0.2, 0.25) is 17.7 Å². The van der Waals surface area contributed by atoms with Gasteiger partial charge in [-0.3, -0.25) is 42.7 Å². The lowest BCUT2D eigenvalue weighted by molar-refractivity contribution is -0.175. The number of hydrogen-bond acceptors (Lipinski definition) is 8. The van der Waals surface area contributed by atoms with Crippen molar-refractivity contribution in [2.24, 2.45) is 11.8 Å². The molecule has 2 rings (SSSR count). The first kappa shape index (κ1) is 35.7. The fourth-order valence-corrected chi connectivity index (χ4v) is 4.73. The third-order valence-corrected chi connectivity index (χ3v) is 6.91. The molecule has 1 saturated heterocycles. The summed E-state index contributed by atoms with van der Waals surface area (Å²) in [6, 6.07) is -3.74. The summed E-state index contributed by atoms with van der Waals surface area (Å²) >= 11 is 0. The Labute approximate surface area is 248 Å². The molecule has 3 atom stereocenters. The molecule has 0 aliphatic carbocycles. The molecule has 0 unspecified atom stereocenters. The summed E-state index contributed by atoms with van der Waals surface area (Å²) in [6.45, 7) is 3.76. The van der Waals surface area contributed by atoms with Crippen molar-refractivity contribution in [1.82, 2.24) is 24.7 Å². The summed E-state index contributed by atoms with van der Waals surface area (Å²) in [4.78, 5) is 100. The molecule has 244 valence electrons. The van der Waals surface area contributed by atoms with E-state index in [1.165, 1.54) is 27.7 Å². The number of nitrogens with zero attached hydrogens (tertiary/aromatic N) is 3.